The number of aliphatic imine (C=N–C) groups is 2. The molecule has 0 unspecified atom stereocenters. The van der Waals surface area contributed by atoms with Crippen molar-refractivity contribution in [2.75, 3.05) is 26.2 Å². The van der Waals surface area contributed by atoms with Gasteiger partial charge in [0.05, 0.1) is 26.2 Å². The first-order chi connectivity index (χ1) is 7.16. The van der Waals surface area contributed by atoms with Crippen LogP contribution in [0.15, 0.2) is 9.98 Å². The highest BCUT2D eigenvalue weighted by Gasteiger charge is 2.30. The van der Waals surface area contributed by atoms with Gasteiger partial charge in [-0.05, 0) is 0 Å². The first-order valence-corrected chi connectivity index (χ1v) is 5.91. The third kappa shape index (κ3) is 3.00. The van der Waals surface area contributed by atoms with Crippen LogP contribution in [0.2, 0.25) is 0 Å². The topological polar surface area (TPSA) is 87.0 Å². The standard InChI is InChI=1S/C6H11N4O4P/c11-15(12,13-9-3-1-7-5-9)14-10-4-2-8-6-10/h5-6H,1-4H2,(H,11,12). The van der Waals surface area contributed by atoms with Crippen LogP contribution in [-0.2, 0) is 13.8 Å². The molecule has 2 aliphatic heterocycles. The van der Waals surface area contributed by atoms with E-state index in [0.29, 0.717) is 26.2 Å². The summed E-state index contributed by atoms with van der Waals surface area (Å²) in [6.07, 6.45) is 2.70. The highest BCUT2D eigenvalue weighted by Crippen LogP contribution is 2.45. The fourth-order valence-corrected chi connectivity index (χ4v) is 1.94. The van der Waals surface area contributed by atoms with Gasteiger partial charge >= 0.3 is 7.82 Å². The summed E-state index contributed by atoms with van der Waals surface area (Å²) < 4.78 is 20.9. The van der Waals surface area contributed by atoms with Crippen molar-refractivity contribution in [3.63, 3.8) is 0 Å². The molecule has 15 heavy (non-hydrogen) atoms. The maximum absolute atomic E-state index is 11.4. The highest BCUT2D eigenvalue weighted by molar-refractivity contribution is 7.47. The molecule has 1 N–H and O–H groups in total. The minimum atomic E-state index is -4.12. The number of hydrogen-bond donors (Lipinski definition) is 1. The molecule has 0 aromatic heterocycles. The molecule has 2 heterocycles. The van der Waals surface area contributed by atoms with E-state index in [1.165, 1.54) is 22.8 Å². The summed E-state index contributed by atoms with van der Waals surface area (Å²) in [5.74, 6) is 0. The van der Waals surface area contributed by atoms with E-state index in [4.69, 9.17) is 9.25 Å². The fraction of sp³-hybridized carbons (Fsp3) is 0.667. The van der Waals surface area contributed by atoms with Crippen molar-refractivity contribution >= 4 is 20.5 Å². The molecular formula is C6H11N4O4P. The van der Waals surface area contributed by atoms with Crippen LogP contribution < -0.4 is 0 Å². The zero-order valence-corrected chi connectivity index (χ0v) is 8.79. The Morgan fingerprint density at radius 2 is 1.60 bits per heavy atom. The van der Waals surface area contributed by atoms with E-state index in [2.05, 4.69) is 9.98 Å². The molecule has 0 amide bonds. The quantitative estimate of drug-likeness (QED) is 0.668. The SMILES string of the molecule is O=P(O)(ON1C=NCC1)ON1C=NCC1. The Morgan fingerprint density at radius 1 is 1.13 bits per heavy atom. The summed E-state index contributed by atoms with van der Waals surface area (Å²) in [7, 11) is -4.12. The zero-order chi connectivity index (χ0) is 10.7. The third-order valence-electron chi connectivity index (χ3n) is 1.74. The van der Waals surface area contributed by atoms with Gasteiger partial charge in [0, 0.05) is 0 Å². The second kappa shape index (κ2) is 4.28. The molecule has 0 aliphatic carbocycles. The predicted octanol–water partition coefficient (Wildman–Crippen LogP) is -0.362. The van der Waals surface area contributed by atoms with Gasteiger partial charge in [-0.2, -0.15) is 9.25 Å². The van der Waals surface area contributed by atoms with Crippen LogP contribution in [0.3, 0.4) is 0 Å². The van der Waals surface area contributed by atoms with Gasteiger partial charge in [-0.3, -0.25) is 14.9 Å². The predicted molar refractivity (Wildman–Crippen MR) is 52.1 cm³/mol. The molecule has 9 heteroatoms. The van der Waals surface area contributed by atoms with Gasteiger partial charge in [0.1, 0.15) is 12.7 Å². The van der Waals surface area contributed by atoms with Gasteiger partial charge in [-0.25, -0.2) is 14.7 Å². The van der Waals surface area contributed by atoms with E-state index >= 15 is 0 Å². The van der Waals surface area contributed by atoms with Crippen LogP contribution in [0.25, 0.3) is 0 Å². The maximum atomic E-state index is 11.4. The molecule has 0 saturated heterocycles. The second-order valence-electron chi connectivity index (χ2n) is 2.96. The van der Waals surface area contributed by atoms with Crippen molar-refractivity contribution in [2.24, 2.45) is 9.98 Å². The average molecular weight is 234 g/mol. The number of nitrogens with zero attached hydrogens (tertiary/aromatic N) is 4. The molecule has 0 aromatic rings. The molecule has 0 aromatic carbocycles. The van der Waals surface area contributed by atoms with Crippen molar-refractivity contribution in [3.8, 4) is 0 Å². The molecule has 0 saturated carbocycles. The summed E-state index contributed by atoms with van der Waals surface area (Å²) in [5.41, 5.74) is 0. The molecule has 0 radical (unpaired) electrons. The van der Waals surface area contributed by atoms with Crippen LogP contribution in [-0.4, -0.2) is 53.9 Å². The van der Waals surface area contributed by atoms with Crippen LogP contribution >= 0.6 is 7.82 Å². The Balaban J connectivity index is 1.85. The fourth-order valence-electron chi connectivity index (χ4n) is 1.13. The van der Waals surface area contributed by atoms with Crippen LogP contribution in [0.1, 0.15) is 0 Å². The van der Waals surface area contributed by atoms with Gasteiger partial charge < -0.3 is 0 Å². The summed E-state index contributed by atoms with van der Waals surface area (Å²) in [4.78, 5) is 17.0. The number of hydrogen-bond acceptors (Lipinski definition) is 7. The smallest absolute Gasteiger partial charge is 0.300 e. The Kier molecular flexibility index (Phi) is 3.01. The van der Waals surface area contributed by atoms with E-state index in [9.17, 15) is 9.46 Å². The second-order valence-corrected chi connectivity index (χ2v) is 4.22. The third-order valence-corrected chi connectivity index (χ3v) is 2.57. The lowest BCUT2D eigenvalue weighted by molar-refractivity contribution is -0.0655. The van der Waals surface area contributed by atoms with Crippen LogP contribution in [0.4, 0.5) is 0 Å². The van der Waals surface area contributed by atoms with Gasteiger partial charge in [-0.1, -0.05) is 0 Å². The number of phosphoric acid groups is 1. The van der Waals surface area contributed by atoms with Crippen molar-refractivity contribution < 1.29 is 18.7 Å². The van der Waals surface area contributed by atoms with Crippen LogP contribution in [0, 0.1) is 0 Å². The molecular weight excluding hydrogens is 223 g/mol. The molecule has 0 bridgehead atoms. The number of rotatable bonds is 4. The summed E-state index contributed by atoms with van der Waals surface area (Å²) >= 11 is 0. The Labute approximate surface area is 86.3 Å². The lowest BCUT2D eigenvalue weighted by Gasteiger charge is -2.20. The van der Waals surface area contributed by atoms with Gasteiger partial charge in [0.15, 0.2) is 0 Å². The Morgan fingerprint density at radius 3 is 1.93 bits per heavy atom. The first kappa shape index (κ1) is 10.6. The van der Waals surface area contributed by atoms with E-state index in [0.717, 1.165) is 0 Å². The van der Waals surface area contributed by atoms with E-state index in [1.807, 2.05) is 0 Å². The molecule has 2 aliphatic rings. The first-order valence-electron chi connectivity index (χ1n) is 4.41. The van der Waals surface area contributed by atoms with Gasteiger partial charge in [0.2, 0.25) is 0 Å². The minimum absolute atomic E-state index is 0.446. The van der Waals surface area contributed by atoms with Gasteiger partial charge in [0.25, 0.3) is 0 Å². The average Bonchev–Trinajstić information content (AvgIpc) is 2.75. The Hall–Kier alpha value is -0.950. The van der Waals surface area contributed by atoms with Crippen LogP contribution in [0.5, 0.6) is 0 Å². The molecule has 0 atom stereocenters. The van der Waals surface area contributed by atoms with E-state index in [-0.39, 0.29) is 0 Å². The van der Waals surface area contributed by atoms with E-state index in [1.54, 1.807) is 0 Å². The maximum Gasteiger partial charge on any atom is 0.515 e. The molecule has 0 fully saturated rings. The lowest BCUT2D eigenvalue weighted by atomic mass is 10.7. The molecule has 2 rings (SSSR count). The molecule has 84 valence electrons. The molecule has 0 spiro atoms. The molecule has 8 nitrogen and oxygen atoms in total. The van der Waals surface area contributed by atoms with Gasteiger partial charge in [-0.15, -0.1) is 0 Å². The highest BCUT2D eigenvalue weighted by atomic mass is 31.2. The minimum Gasteiger partial charge on any atom is -0.300 e. The Bertz CT molecular complexity index is 305. The largest absolute Gasteiger partial charge is 0.515 e. The van der Waals surface area contributed by atoms with E-state index < -0.39 is 7.82 Å². The summed E-state index contributed by atoms with van der Waals surface area (Å²) in [6, 6.07) is 0. The van der Waals surface area contributed by atoms with Crippen molar-refractivity contribution in [1.82, 2.24) is 10.1 Å². The summed E-state index contributed by atoms with van der Waals surface area (Å²) in [6.45, 7) is 1.99. The normalized spacial score (nSPS) is 20.6. The van der Waals surface area contributed by atoms with Crippen molar-refractivity contribution in [3.05, 3.63) is 0 Å². The monoisotopic (exact) mass is 234 g/mol. The van der Waals surface area contributed by atoms with Crippen molar-refractivity contribution in [2.45, 2.75) is 0 Å². The van der Waals surface area contributed by atoms with Crippen molar-refractivity contribution in [1.29, 1.82) is 0 Å². The zero-order valence-electron chi connectivity index (χ0n) is 7.89. The lowest BCUT2D eigenvalue weighted by Crippen LogP contribution is -2.24. The number of hydroxylamine groups is 4. The summed E-state index contributed by atoms with van der Waals surface area (Å²) in [5, 5.41) is 2.35.